The maximum atomic E-state index is 8.89. The topological polar surface area (TPSA) is 65.9 Å². The summed E-state index contributed by atoms with van der Waals surface area (Å²) in [6.07, 6.45) is 0. The molecule has 0 bridgehead atoms. The molecule has 16 heavy (non-hydrogen) atoms. The molecule has 2 N–H and O–H groups in total. The van der Waals surface area contributed by atoms with Crippen molar-refractivity contribution in [2.75, 3.05) is 28.7 Å². The Bertz CT molecular complexity index is 426. The van der Waals surface area contributed by atoms with Gasteiger partial charge in [0.1, 0.15) is 11.9 Å². The van der Waals surface area contributed by atoms with Crippen LogP contribution in [0.2, 0.25) is 0 Å². The van der Waals surface area contributed by atoms with Crippen LogP contribution in [0.5, 0.6) is 0 Å². The highest BCUT2D eigenvalue weighted by atomic mass is 32.2. The number of thioether (sulfide) groups is 1. The van der Waals surface area contributed by atoms with E-state index in [0.29, 0.717) is 17.4 Å². The van der Waals surface area contributed by atoms with Crippen LogP contribution in [-0.2, 0) is 0 Å². The number of rotatable bonds is 1. The van der Waals surface area contributed by atoms with Gasteiger partial charge in [-0.15, -0.1) is 0 Å². The van der Waals surface area contributed by atoms with Crippen molar-refractivity contribution in [2.45, 2.75) is 13.0 Å². The van der Waals surface area contributed by atoms with E-state index in [0.717, 1.165) is 23.9 Å². The summed E-state index contributed by atoms with van der Waals surface area (Å²) in [5.41, 5.74) is 6.43. The zero-order chi connectivity index (χ0) is 11.5. The fraction of sp³-hybridized carbons (Fsp3) is 0.455. The van der Waals surface area contributed by atoms with Gasteiger partial charge in [0, 0.05) is 24.1 Å². The molecule has 84 valence electrons. The third-order valence-electron chi connectivity index (χ3n) is 2.68. The van der Waals surface area contributed by atoms with E-state index < -0.39 is 0 Å². The van der Waals surface area contributed by atoms with Gasteiger partial charge in [0.05, 0.1) is 5.69 Å². The minimum Gasteiger partial charge on any atom is -0.396 e. The normalized spacial score (nSPS) is 20.5. The minimum absolute atomic E-state index is 0.322. The molecule has 0 aliphatic carbocycles. The molecule has 1 aliphatic heterocycles. The van der Waals surface area contributed by atoms with Crippen molar-refractivity contribution in [3.8, 4) is 6.07 Å². The molecule has 5 heteroatoms. The molecule has 1 fully saturated rings. The summed E-state index contributed by atoms with van der Waals surface area (Å²) >= 11 is 1.96. The molecule has 4 nitrogen and oxygen atoms in total. The average molecular weight is 234 g/mol. The molecule has 0 amide bonds. The Morgan fingerprint density at radius 1 is 1.62 bits per heavy atom. The van der Waals surface area contributed by atoms with Crippen LogP contribution < -0.4 is 10.6 Å². The van der Waals surface area contributed by atoms with Gasteiger partial charge < -0.3 is 10.6 Å². The predicted octanol–water partition coefficient (Wildman–Crippen LogP) is 1.48. The molecule has 1 aromatic heterocycles. The Labute approximate surface area is 99.5 Å². The molecule has 0 spiro atoms. The molecule has 1 atom stereocenters. The van der Waals surface area contributed by atoms with Crippen molar-refractivity contribution >= 4 is 23.3 Å². The minimum atomic E-state index is 0.322. The Kier molecular flexibility index (Phi) is 3.20. The number of hydrogen-bond acceptors (Lipinski definition) is 5. The van der Waals surface area contributed by atoms with Gasteiger partial charge in [-0.3, -0.25) is 0 Å². The van der Waals surface area contributed by atoms with Gasteiger partial charge in [-0.05, 0) is 19.1 Å². The number of nitrogens with two attached hydrogens (primary N) is 1. The van der Waals surface area contributed by atoms with Gasteiger partial charge in [-0.1, -0.05) is 0 Å². The number of anilines is 2. The number of aromatic nitrogens is 1. The highest BCUT2D eigenvalue weighted by Crippen LogP contribution is 2.23. The number of nitriles is 1. The number of pyridine rings is 1. The van der Waals surface area contributed by atoms with Crippen LogP contribution in [0.4, 0.5) is 11.5 Å². The van der Waals surface area contributed by atoms with Crippen molar-refractivity contribution < 1.29 is 0 Å². The molecule has 2 rings (SSSR count). The van der Waals surface area contributed by atoms with E-state index in [9.17, 15) is 0 Å². The Morgan fingerprint density at radius 2 is 2.44 bits per heavy atom. The number of nitrogens with zero attached hydrogens (tertiary/aromatic N) is 3. The molecule has 0 aromatic carbocycles. The number of hydrogen-bond donors (Lipinski definition) is 1. The van der Waals surface area contributed by atoms with Crippen LogP contribution in [0.3, 0.4) is 0 Å². The zero-order valence-corrected chi connectivity index (χ0v) is 10.00. The van der Waals surface area contributed by atoms with E-state index in [-0.39, 0.29) is 0 Å². The Morgan fingerprint density at radius 3 is 3.12 bits per heavy atom. The van der Waals surface area contributed by atoms with Crippen molar-refractivity contribution in [3.63, 3.8) is 0 Å². The molecule has 2 heterocycles. The summed E-state index contributed by atoms with van der Waals surface area (Å²) < 4.78 is 0. The molecule has 1 aromatic rings. The molecule has 1 saturated heterocycles. The zero-order valence-electron chi connectivity index (χ0n) is 9.18. The van der Waals surface area contributed by atoms with Crippen LogP contribution in [0.15, 0.2) is 12.1 Å². The summed E-state index contributed by atoms with van der Waals surface area (Å²) in [6, 6.07) is 6.13. The predicted molar refractivity (Wildman–Crippen MR) is 67.5 cm³/mol. The van der Waals surface area contributed by atoms with Crippen molar-refractivity contribution in [2.24, 2.45) is 0 Å². The third kappa shape index (κ3) is 2.07. The van der Waals surface area contributed by atoms with E-state index in [4.69, 9.17) is 11.0 Å². The lowest BCUT2D eigenvalue weighted by Gasteiger charge is -2.34. The van der Waals surface area contributed by atoms with Gasteiger partial charge in [-0.2, -0.15) is 17.0 Å². The van der Waals surface area contributed by atoms with Crippen LogP contribution in [0.1, 0.15) is 12.6 Å². The van der Waals surface area contributed by atoms with Gasteiger partial charge in [0.15, 0.2) is 5.69 Å². The first-order chi connectivity index (χ1) is 7.72. The van der Waals surface area contributed by atoms with Gasteiger partial charge in [0.2, 0.25) is 0 Å². The maximum absolute atomic E-state index is 8.89. The largest absolute Gasteiger partial charge is 0.396 e. The fourth-order valence-electron chi connectivity index (χ4n) is 1.78. The van der Waals surface area contributed by atoms with Crippen LogP contribution in [0.25, 0.3) is 0 Å². The van der Waals surface area contributed by atoms with E-state index >= 15 is 0 Å². The Hall–Kier alpha value is -1.41. The standard InChI is InChI=1S/C11H14N4S/c1-8-7-16-5-4-15(8)11-3-2-9(13)10(6-12)14-11/h2-3,8H,4-5,7,13H2,1H3. The van der Waals surface area contributed by atoms with Crippen molar-refractivity contribution in [3.05, 3.63) is 17.8 Å². The lowest BCUT2D eigenvalue weighted by atomic mass is 10.2. The van der Waals surface area contributed by atoms with E-state index in [2.05, 4.69) is 16.8 Å². The second-order valence-corrected chi connectivity index (χ2v) is 4.99. The van der Waals surface area contributed by atoms with Crippen LogP contribution >= 0.6 is 11.8 Å². The van der Waals surface area contributed by atoms with Crippen LogP contribution in [0, 0.1) is 11.3 Å². The van der Waals surface area contributed by atoms with E-state index in [1.807, 2.05) is 23.9 Å². The lowest BCUT2D eigenvalue weighted by Crippen LogP contribution is -2.41. The van der Waals surface area contributed by atoms with Crippen molar-refractivity contribution in [1.29, 1.82) is 5.26 Å². The smallest absolute Gasteiger partial charge is 0.165 e. The summed E-state index contributed by atoms with van der Waals surface area (Å²) in [4.78, 5) is 6.53. The van der Waals surface area contributed by atoms with E-state index in [1.54, 1.807) is 6.07 Å². The fourth-order valence-corrected chi connectivity index (χ4v) is 2.79. The van der Waals surface area contributed by atoms with E-state index in [1.165, 1.54) is 0 Å². The highest BCUT2D eigenvalue weighted by Gasteiger charge is 2.20. The summed E-state index contributed by atoms with van der Waals surface area (Å²) in [5.74, 6) is 3.07. The second-order valence-electron chi connectivity index (χ2n) is 3.84. The van der Waals surface area contributed by atoms with Crippen molar-refractivity contribution in [1.82, 2.24) is 4.98 Å². The highest BCUT2D eigenvalue weighted by molar-refractivity contribution is 7.99. The maximum Gasteiger partial charge on any atom is 0.165 e. The van der Waals surface area contributed by atoms with Gasteiger partial charge in [-0.25, -0.2) is 4.98 Å². The molecule has 0 radical (unpaired) electrons. The SMILES string of the molecule is CC1CSCCN1c1ccc(N)c(C#N)n1. The summed E-state index contributed by atoms with van der Waals surface area (Å²) in [6.45, 7) is 3.16. The second kappa shape index (κ2) is 4.62. The third-order valence-corrected chi connectivity index (χ3v) is 3.87. The lowest BCUT2D eigenvalue weighted by molar-refractivity contribution is 0.689. The monoisotopic (exact) mass is 234 g/mol. The molecular formula is C11H14N4S. The average Bonchev–Trinajstić information content (AvgIpc) is 2.31. The first kappa shape index (κ1) is 11.1. The number of nitrogen functional groups attached to an aromatic ring is 1. The molecular weight excluding hydrogens is 220 g/mol. The van der Waals surface area contributed by atoms with Crippen LogP contribution in [-0.4, -0.2) is 29.1 Å². The van der Waals surface area contributed by atoms with Gasteiger partial charge in [0.25, 0.3) is 0 Å². The molecule has 1 unspecified atom stereocenters. The summed E-state index contributed by atoms with van der Waals surface area (Å²) in [7, 11) is 0. The molecule has 1 aliphatic rings. The quantitative estimate of drug-likeness (QED) is 0.797. The van der Waals surface area contributed by atoms with Gasteiger partial charge >= 0.3 is 0 Å². The first-order valence-corrected chi connectivity index (χ1v) is 6.39. The first-order valence-electron chi connectivity index (χ1n) is 5.23. The Balaban J connectivity index is 2.29. The molecule has 0 saturated carbocycles. The summed E-state index contributed by atoms with van der Waals surface area (Å²) in [5, 5.41) is 8.89.